The average Bonchev–Trinajstić information content (AvgIpc) is 2.79. The highest BCUT2D eigenvalue weighted by atomic mass is 16.5. The van der Waals surface area contributed by atoms with Gasteiger partial charge in [-0.05, 0) is 26.0 Å². The third-order valence-electron chi connectivity index (χ3n) is 3.71. The number of aromatic nitrogens is 2. The number of hydrogen-bond donors (Lipinski definition) is 2. The van der Waals surface area contributed by atoms with Crippen molar-refractivity contribution in [3.8, 4) is 11.5 Å². The summed E-state index contributed by atoms with van der Waals surface area (Å²) in [6.07, 6.45) is 0. The molecule has 22 heavy (non-hydrogen) atoms. The Balaban J connectivity index is 2.16. The second-order valence-electron chi connectivity index (χ2n) is 5.02. The first-order valence-electron chi connectivity index (χ1n) is 7.20. The van der Waals surface area contributed by atoms with Crippen molar-refractivity contribution in [1.29, 1.82) is 0 Å². The first-order valence-corrected chi connectivity index (χ1v) is 7.20. The maximum absolute atomic E-state index is 9.07. The fraction of sp³-hybridized carbons (Fsp3) is 0.438. The Kier molecular flexibility index (Phi) is 5.27. The lowest BCUT2D eigenvalue weighted by Crippen LogP contribution is -2.07. The van der Waals surface area contributed by atoms with Gasteiger partial charge in [0.15, 0.2) is 0 Å². The van der Waals surface area contributed by atoms with E-state index < -0.39 is 0 Å². The smallest absolute Gasteiger partial charge is 0.145 e. The van der Waals surface area contributed by atoms with Gasteiger partial charge in [-0.1, -0.05) is 0 Å². The highest BCUT2D eigenvalue weighted by Crippen LogP contribution is 2.29. The van der Waals surface area contributed by atoms with Gasteiger partial charge in [0.1, 0.15) is 11.5 Å². The molecule has 0 bridgehead atoms. The van der Waals surface area contributed by atoms with Crippen molar-refractivity contribution in [3.05, 3.63) is 35.2 Å². The van der Waals surface area contributed by atoms with Crippen LogP contribution in [0.15, 0.2) is 18.2 Å². The second kappa shape index (κ2) is 7.17. The van der Waals surface area contributed by atoms with Gasteiger partial charge >= 0.3 is 0 Å². The third kappa shape index (κ3) is 3.33. The zero-order chi connectivity index (χ0) is 16.1. The van der Waals surface area contributed by atoms with E-state index in [0.717, 1.165) is 34.1 Å². The molecule has 2 aromatic rings. The van der Waals surface area contributed by atoms with Crippen LogP contribution in [0.2, 0.25) is 0 Å². The molecule has 0 aliphatic carbocycles. The molecule has 120 valence electrons. The van der Waals surface area contributed by atoms with Gasteiger partial charge in [-0.25, -0.2) is 0 Å². The molecule has 0 atom stereocenters. The quantitative estimate of drug-likeness (QED) is 0.820. The summed E-state index contributed by atoms with van der Waals surface area (Å²) in [5, 5.41) is 16.9. The summed E-state index contributed by atoms with van der Waals surface area (Å²) in [5.74, 6) is 1.49. The first kappa shape index (κ1) is 16.2. The molecule has 1 aromatic carbocycles. The molecule has 1 heterocycles. The molecule has 0 aliphatic heterocycles. The van der Waals surface area contributed by atoms with E-state index in [9.17, 15) is 0 Å². The maximum atomic E-state index is 9.07. The number of aryl methyl sites for hydroxylation is 1. The minimum Gasteiger partial charge on any atom is -0.497 e. The zero-order valence-electron chi connectivity index (χ0n) is 13.5. The molecule has 0 radical (unpaired) electrons. The van der Waals surface area contributed by atoms with Crippen LogP contribution in [0.5, 0.6) is 11.5 Å². The maximum Gasteiger partial charge on any atom is 0.145 e. The van der Waals surface area contributed by atoms with E-state index in [-0.39, 0.29) is 6.61 Å². The van der Waals surface area contributed by atoms with Crippen LogP contribution in [0.4, 0.5) is 5.69 Å². The number of rotatable bonds is 7. The number of hydrogen-bond acceptors (Lipinski definition) is 5. The van der Waals surface area contributed by atoms with Crippen LogP contribution < -0.4 is 14.8 Å². The number of anilines is 1. The van der Waals surface area contributed by atoms with E-state index in [4.69, 9.17) is 14.6 Å². The van der Waals surface area contributed by atoms with Crippen LogP contribution in [0.1, 0.15) is 17.0 Å². The topological polar surface area (TPSA) is 68.5 Å². The van der Waals surface area contributed by atoms with Gasteiger partial charge in [0.25, 0.3) is 0 Å². The predicted octanol–water partition coefficient (Wildman–Crippen LogP) is 2.12. The lowest BCUT2D eigenvalue weighted by Gasteiger charge is -2.13. The van der Waals surface area contributed by atoms with Gasteiger partial charge < -0.3 is 19.9 Å². The van der Waals surface area contributed by atoms with E-state index in [1.54, 1.807) is 14.2 Å². The second-order valence-corrected chi connectivity index (χ2v) is 5.02. The Labute approximate surface area is 130 Å². The summed E-state index contributed by atoms with van der Waals surface area (Å²) < 4.78 is 12.4. The number of ether oxygens (including phenoxy) is 2. The van der Waals surface area contributed by atoms with Crippen molar-refractivity contribution in [2.75, 3.05) is 26.1 Å². The first-order chi connectivity index (χ1) is 10.6. The standard InChI is InChI=1S/C16H23N3O3/c1-11-14(12(2)19(18-11)7-8-20)10-17-15-6-5-13(21-3)9-16(15)22-4/h5-6,9,17,20H,7-8,10H2,1-4H3. The summed E-state index contributed by atoms with van der Waals surface area (Å²) in [5.41, 5.74) is 4.06. The summed E-state index contributed by atoms with van der Waals surface area (Å²) in [4.78, 5) is 0. The molecule has 6 heteroatoms. The molecule has 6 nitrogen and oxygen atoms in total. The summed E-state index contributed by atoms with van der Waals surface area (Å²) in [6, 6.07) is 5.66. The van der Waals surface area contributed by atoms with Crippen LogP contribution in [0, 0.1) is 13.8 Å². The van der Waals surface area contributed by atoms with E-state index >= 15 is 0 Å². The van der Waals surface area contributed by atoms with Crippen molar-refractivity contribution < 1.29 is 14.6 Å². The van der Waals surface area contributed by atoms with Crippen LogP contribution in [0.25, 0.3) is 0 Å². The Morgan fingerprint density at radius 3 is 2.64 bits per heavy atom. The van der Waals surface area contributed by atoms with Gasteiger partial charge in [-0.3, -0.25) is 4.68 Å². The number of methoxy groups -OCH3 is 2. The van der Waals surface area contributed by atoms with Crippen molar-refractivity contribution >= 4 is 5.69 Å². The Morgan fingerprint density at radius 1 is 1.23 bits per heavy atom. The lowest BCUT2D eigenvalue weighted by atomic mass is 10.2. The van der Waals surface area contributed by atoms with Gasteiger partial charge in [-0.15, -0.1) is 0 Å². The Bertz CT molecular complexity index is 638. The molecular weight excluding hydrogens is 282 g/mol. The number of aliphatic hydroxyl groups is 1. The molecular formula is C16H23N3O3. The highest BCUT2D eigenvalue weighted by Gasteiger charge is 2.12. The van der Waals surface area contributed by atoms with E-state index in [0.29, 0.717) is 13.1 Å². The van der Waals surface area contributed by atoms with E-state index in [1.807, 2.05) is 36.7 Å². The normalized spacial score (nSPS) is 10.6. The molecule has 0 saturated heterocycles. The molecule has 2 rings (SSSR count). The van der Waals surface area contributed by atoms with Gasteiger partial charge in [0.2, 0.25) is 0 Å². The summed E-state index contributed by atoms with van der Waals surface area (Å²) in [6.45, 7) is 5.23. The van der Waals surface area contributed by atoms with Gasteiger partial charge in [-0.2, -0.15) is 5.10 Å². The van der Waals surface area contributed by atoms with Gasteiger partial charge in [0, 0.05) is 23.9 Å². The van der Waals surface area contributed by atoms with E-state index in [1.165, 1.54) is 0 Å². The van der Waals surface area contributed by atoms with E-state index in [2.05, 4.69) is 10.4 Å². The third-order valence-corrected chi connectivity index (χ3v) is 3.71. The largest absolute Gasteiger partial charge is 0.497 e. The summed E-state index contributed by atoms with van der Waals surface area (Å²) in [7, 11) is 3.26. The van der Waals surface area contributed by atoms with Crippen LogP contribution in [-0.4, -0.2) is 35.7 Å². The SMILES string of the molecule is COc1ccc(NCc2c(C)nn(CCO)c2C)c(OC)c1. The number of nitrogens with zero attached hydrogens (tertiary/aromatic N) is 2. The fourth-order valence-corrected chi connectivity index (χ4v) is 2.43. The summed E-state index contributed by atoms with van der Waals surface area (Å²) >= 11 is 0. The fourth-order valence-electron chi connectivity index (χ4n) is 2.43. The molecule has 0 saturated carbocycles. The molecule has 0 amide bonds. The van der Waals surface area contributed by atoms with Crippen LogP contribution >= 0.6 is 0 Å². The number of benzene rings is 1. The highest BCUT2D eigenvalue weighted by molar-refractivity contribution is 5.59. The molecule has 0 aliphatic rings. The van der Waals surface area contributed by atoms with Crippen molar-refractivity contribution in [2.24, 2.45) is 0 Å². The Morgan fingerprint density at radius 2 is 2.00 bits per heavy atom. The van der Waals surface area contributed by atoms with Crippen molar-refractivity contribution in [3.63, 3.8) is 0 Å². The predicted molar refractivity (Wildman–Crippen MR) is 85.7 cm³/mol. The average molecular weight is 305 g/mol. The molecule has 0 fully saturated rings. The Hall–Kier alpha value is -2.21. The molecule has 0 unspecified atom stereocenters. The van der Waals surface area contributed by atoms with Crippen LogP contribution in [-0.2, 0) is 13.1 Å². The molecule has 0 spiro atoms. The number of nitrogens with one attached hydrogen (secondary N) is 1. The monoisotopic (exact) mass is 305 g/mol. The molecule has 1 aromatic heterocycles. The number of aliphatic hydroxyl groups excluding tert-OH is 1. The van der Waals surface area contributed by atoms with Gasteiger partial charge in [0.05, 0.1) is 38.8 Å². The minimum absolute atomic E-state index is 0.0845. The molecule has 2 N–H and O–H groups in total. The van der Waals surface area contributed by atoms with Crippen LogP contribution in [0.3, 0.4) is 0 Å². The van der Waals surface area contributed by atoms with Crippen molar-refractivity contribution in [1.82, 2.24) is 9.78 Å². The van der Waals surface area contributed by atoms with Crippen molar-refractivity contribution in [2.45, 2.75) is 26.9 Å². The zero-order valence-corrected chi connectivity index (χ0v) is 13.5. The lowest BCUT2D eigenvalue weighted by molar-refractivity contribution is 0.268. The minimum atomic E-state index is 0.0845.